The predicted molar refractivity (Wildman–Crippen MR) is 62.4 cm³/mol. The largest absolute Gasteiger partial charge is 0.481 e. The van der Waals surface area contributed by atoms with Crippen LogP contribution in [0.4, 0.5) is 0 Å². The fourth-order valence-corrected chi connectivity index (χ4v) is 2.33. The summed E-state index contributed by atoms with van der Waals surface area (Å²) in [6.45, 7) is 1.77. The van der Waals surface area contributed by atoms with Crippen LogP contribution in [0, 0.1) is 11.8 Å². The molecule has 5 nitrogen and oxygen atoms in total. The zero-order chi connectivity index (χ0) is 12.8. The first-order chi connectivity index (χ1) is 8.10. The Morgan fingerprint density at radius 1 is 1.29 bits per heavy atom. The molecular formula is C12H21NO4. The summed E-state index contributed by atoms with van der Waals surface area (Å²) in [6, 6.07) is -0.265. The third-order valence-electron chi connectivity index (χ3n) is 3.48. The molecule has 3 N–H and O–H groups in total. The maximum Gasteiger partial charge on any atom is 0.307 e. The van der Waals surface area contributed by atoms with Crippen LogP contribution in [0.25, 0.3) is 0 Å². The highest BCUT2D eigenvalue weighted by Gasteiger charge is 2.36. The molecule has 1 fully saturated rings. The summed E-state index contributed by atoms with van der Waals surface area (Å²) in [5, 5.41) is 20.8. The SMILES string of the molecule is CCC(CO)NC(=O)C1CCCCC1C(=O)O. The van der Waals surface area contributed by atoms with E-state index in [1.807, 2.05) is 6.92 Å². The first kappa shape index (κ1) is 14.0. The van der Waals surface area contributed by atoms with Gasteiger partial charge in [0.05, 0.1) is 24.5 Å². The average Bonchev–Trinajstić information content (AvgIpc) is 2.35. The van der Waals surface area contributed by atoms with Crippen molar-refractivity contribution in [3.05, 3.63) is 0 Å². The monoisotopic (exact) mass is 243 g/mol. The molecule has 1 amide bonds. The van der Waals surface area contributed by atoms with Crippen LogP contribution >= 0.6 is 0 Å². The molecule has 0 spiro atoms. The smallest absolute Gasteiger partial charge is 0.307 e. The van der Waals surface area contributed by atoms with Crippen molar-refractivity contribution in [3.63, 3.8) is 0 Å². The van der Waals surface area contributed by atoms with E-state index in [-0.39, 0.29) is 18.6 Å². The molecule has 3 unspecified atom stereocenters. The summed E-state index contributed by atoms with van der Waals surface area (Å²) in [6.07, 6.45) is 3.62. The Balaban J connectivity index is 2.61. The normalized spacial score (nSPS) is 26.2. The minimum Gasteiger partial charge on any atom is -0.481 e. The van der Waals surface area contributed by atoms with Gasteiger partial charge in [0, 0.05) is 0 Å². The minimum absolute atomic E-state index is 0.104. The molecule has 0 aromatic heterocycles. The summed E-state index contributed by atoms with van der Waals surface area (Å²) < 4.78 is 0. The summed E-state index contributed by atoms with van der Waals surface area (Å²) >= 11 is 0. The van der Waals surface area contributed by atoms with Crippen molar-refractivity contribution >= 4 is 11.9 Å². The Morgan fingerprint density at radius 3 is 2.35 bits per heavy atom. The molecule has 0 aliphatic heterocycles. The summed E-state index contributed by atoms with van der Waals surface area (Å²) in [5.41, 5.74) is 0. The fourth-order valence-electron chi connectivity index (χ4n) is 2.33. The summed E-state index contributed by atoms with van der Waals surface area (Å²) in [7, 11) is 0. The van der Waals surface area contributed by atoms with Gasteiger partial charge in [-0.3, -0.25) is 9.59 Å². The second-order valence-corrected chi connectivity index (χ2v) is 4.63. The Morgan fingerprint density at radius 2 is 1.88 bits per heavy atom. The lowest BCUT2D eigenvalue weighted by Crippen LogP contribution is -2.45. The zero-order valence-corrected chi connectivity index (χ0v) is 10.2. The number of carboxylic acids is 1. The van der Waals surface area contributed by atoms with Crippen molar-refractivity contribution in [3.8, 4) is 0 Å². The van der Waals surface area contributed by atoms with Crippen LogP contribution in [0.15, 0.2) is 0 Å². The number of amides is 1. The first-order valence-electron chi connectivity index (χ1n) is 6.24. The van der Waals surface area contributed by atoms with Crippen molar-refractivity contribution in [2.75, 3.05) is 6.61 Å². The Bertz CT molecular complexity index is 276. The van der Waals surface area contributed by atoms with Crippen LogP contribution in [0.2, 0.25) is 0 Å². The second kappa shape index (κ2) is 6.59. The number of carbonyl (C=O) groups excluding carboxylic acids is 1. The third-order valence-corrected chi connectivity index (χ3v) is 3.48. The van der Waals surface area contributed by atoms with Crippen LogP contribution in [0.1, 0.15) is 39.0 Å². The van der Waals surface area contributed by atoms with E-state index < -0.39 is 17.8 Å². The van der Waals surface area contributed by atoms with Gasteiger partial charge in [-0.15, -0.1) is 0 Å². The quantitative estimate of drug-likeness (QED) is 0.665. The van der Waals surface area contributed by atoms with E-state index in [0.717, 1.165) is 12.8 Å². The van der Waals surface area contributed by atoms with Crippen molar-refractivity contribution in [1.82, 2.24) is 5.32 Å². The topological polar surface area (TPSA) is 86.6 Å². The van der Waals surface area contributed by atoms with E-state index in [9.17, 15) is 9.59 Å². The van der Waals surface area contributed by atoms with Gasteiger partial charge in [-0.2, -0.15) is 0 Å². The van der Waals surface area contributed by atoms with Crippen LogP contribution in [-0.4, -0.2) is 34.7 Å². The van der Waals surface area contributed by atoms with E-state index in [1.165, 1.54) is 0 Å². The number of rotatable bonds is 5. The van der Waals surface area contributed by atoms with Gasteiger partial charge in [-0.05, 0) is 19.3 Å². The molecule has 0 aromatic carbocycles. The number of hydrogen-bond acceptors (Lipinski definition) is 3. The first-order valence-corrected chi connectivity index (χ1v) is 6.24. The minimum atomic E-state index is -0.887. The van der Waals surface area contributed by atoms with Crippen LogP contribution in [-0.2, 0) is 9.59 Å². The van der Waals surface area contributed by atoms with Gasteiger partial charge < -0.3 is 15.5 Å². The van der Waals surface area contributed by atoms with Crippen molar-refractivity contribution in [1.29, 1.82) is 0 Å². The zero-order valence-electron chi connectivity index (χ0n) is 10.2. The van der Waals surface area contributed by atoms with Gasteiger partial charge in [-0.1, -0.05) is 19.8 Å². The van der Waals surface area contributed by atoms with E-state index in [1.54, 1.807) is 0 Å². The molecule has 0 saturated heterocycles. The van der Waals surface area contributed by atoms with Crippen molar-refractivity contribution in [2.45, 2.75) is 45.1 Å². The lowest BCUT2D eigenvalue weighted by molar-refractivity contribution is -0.149. The predicted octanol–water partition coefficient (Wildman–Crippen LogP) is 0.764. The summed E-state index contributed by atoms with van der Waals surface area (Å²) in [5.74, 6) is -2.12. The maximum atomic E-state index is 12.0. The van der Waals surface area contributed by atoms with E-state index in [0.29, 0.717) is 19.3 Å². The highest BCUT2D eigenvalue weighted by Crippen LogP contribution is 2.30. The number of aliphatic hydroxyl groups excluding tert-OH is 1. The van der Waals surface area contributed by atoms with Gasteiger partial charge in [0.25, 0.3) is 0 Å². The lowest BCUT2D eigenvalue weighted by Gasteiger charge is -2.28. The molecule has 98 valence electrons. The van der Waals surface area contributed by atoms with E-state index in [4.69, 9.17) is 10.2 Å². The molecule has 5 heteroatoms. The van der Waals surface area contributed by atoms with Gasteiger partial charge >= 0.3 is 5.97 Å². The Kier molecular flexibility index (Phi) is 5.41. The highest BCUT2D eigenvalue weighted by atomic mass is 16.4. The van der Waals surface area contributed by atoms with E-state index >= 15 is 0 Å². The molecule has 0 aromatic rings. The molecule has 1 aliphatic carbocycles. The van der Waals surface area contributed by atoms with Crippen LogP contribution in [0.5, 0.6) is 0 Å². The van der Waals surface area contributed by atoms with Gasteiger partial charge in [0.15, 0.2) is 0 Å². The van der Waals surface area contributed by atoms with E-state index in [2.05, 4.69) is 5.32 Å². The van der Waals surface area contributed by atoms with Gasteiger partial charge in [0.1, 0.15) is 0 Å². The number of aliphatic carboxylic acids is 1. The third kappa shape index (κ3) is 3.70. The molecular weight excluding hydrogens is 222 g/mol. The molecule has 0 heterocycles. The number of carboxylic acid groups (broad SMARTS) is 1. The van der Waals surface area contributed by atoms with Crippen LogP contribution < -0.4 is 5.32 Å². The average molecular weight is 243 g/mol. The van der Waals surface area contributed by atoms with Crippen LogP contribution in [0.3, 0.4) is 0 Å². The molecule has 3 atom stereocenters. The molecule has 17 heavy (non-hydrogen) atoms. The molecule has 1 saturated carbocycles. The fraction of sp³-hybridized carbons (Fsp3) is 0.833. The molecule has 1 aliphatic rings. The molecule has 0 radical (unpaired) electrons. The lowest BCUT2D eigenvalue weighted by atomic mass is 9.78. The molecule has 1 rings (SSSR count). The molecule has 0 bridgehead atoms. The maximum absolute atomic E-state index is 12.0. The van der Waals surface area contributed by atoms with Crippen molar-refractivity contribution in [2.24, 2.45) is 11.8 Å². The number of nitrogens with one attached hydrogen (secondary N) is 1. The van der Waals surface area contributed by atoms with Gasteiger partial charge in [0.2, 0.25) is 5.91 Å². The van der Waals surface area contributed by atoms with Crippen molar-refractivity contribution < 1.29 is 19.8 Å². The number of carbonyl (C=O) groups is 2. The number of aliphatic hydroxyl groups is 1. The Hall–Kier alpha value is -1.10. The Labute approximate surface area is 101 Å². The second-order valence-electron chi connectivity index (χ2n) is 4.63. The summed E-state index contributed by atoms with van der Waals surface area (Å²) in [4.78, 5) is 23.0. The highest BCUT2D eigenvalue weighted by molar-refractivity contribution is 5.85. The van der Waals surface area contributed by atoms with Gasteiger partial charge in [-0.25, -0.2) is 0 Å². The standard InChI is InChI=1S/C12H21NO4/c1-2-8(7-14)13-11(15)9-5-3-4-6-10(9)12(16)17/h8-10,14H,2-7H2,1H3,(H,13,15)(H,16,17). The number of hydrogen-bond donors (Lipinski definition) is 3.